The van der Waals surface area contributed by atoms with E-state index in [9.17, 15) is 18.0 Å². The fraction of sp³-hybridized carbons (Fsp3) is 0.263. The molecule has 0 radical (unpaired) electrons. The first-order valence-corrected chi connectivity index (χ1v) is 10.4. The second-order valence-electron chi connectivity index (χ2n) is 7.12. The molecular weight excluding hydrogens is 388 g/mol. The predicted molar refractivity (Wildman–Crippen MR) is 106 cm³/mol. The highest BCUT2D eigenvalue weighted by atomic mass is 35.5. The molecule has 0 saturated heterocycles. The van der Waals surface area contributed by atoms with Crippen molar-refractivity contribution in [3.05, 3.63) is 58.6 Å². The van der Waals surface area contributed by atoms with Gasteiger partial charge in [0.15, 0.2) is 9.84 Å². The van der Waals surface area contributed by atoms with E-state index in [0.717, 1.165) is 6.26 Å². The maximum absolute atomic E-state index is 12.6. The van der Waals surface area contributed by atoms with Crippen LogP contribution in [0.4, 0.5) is 5.69 Å². The molecule has 0 saturated carbocycles. The number of nitrogens with one attached hydrogen (secondary N) is 2. The summed E-state index contributed by atoms with van der Waals surface area (Å²) in [6, 6.07) is 10.6. The van der Waals surface area contributed by atoms with Crippen LogP contribution < -0.4 is 10.6 Å². The van der Waals surface area contributed by atoms with Crippen molar-refractivity contribution in [2.24, 2.45) is 0 Å². The highest BCUT2D eigenvalue weighted by Gasteiger charge is 2.20. The van der Waals surface area contributed by atoms with E-state index in [2.05, 4.69) is 10.6 Å². The van der Waals surface area contributed by atoms with Gasteiger partial charge in [0.1, 0.15) is 0 Å². The zero-order chi connectivity index (χ0) is 20.4. The van der Waals surface area contributed by atoms with Gasteiger partial charge in [-0.25, -0.2) is 8.42 Å². The van der Waals surface area contributed by atoms with Crippen molar-refractivity contribution < 1.29 is 18.0 Å². The summed E-state index contributed by atoms with van der Waals surface area (Å²) in [5.74, 6) is -0.876. The average Bonchev–Trinajstić information content (AvgIpc) is 2.53. The Bertz CT molecular complexity index is 995. The summed E-state index contributed by atoms with van der Waals surface area (Å²) in [4.78, 5) is 24.9. The van der Waals surface area contributed by atoms with Gasteiger partial charge in [-0.05, 0) is 51.1 Å². The highest BCUT2D eigenvalue weighted by Crippen LogP contribution is 2.24. The summed E-state index contributed by atoms with van der Waals surface area (Å²) in [5.41, 5.74) is 0.304. The third-order valence-electron chi connectivity index (χ3n) is 3.50. The van der Waals surface area contributed by atoms with E-state index < -0.39 is 21.3 Å². The fourth-order valence-corrected chi connectivity index (χ4v) is 3.62. The van der Waals surface area contributed by atoms with Crippen LogP contribution in [0.5, 0.6) is 0 Å². The van der Waals surface area contributed by atoms with E-state index in [0.29, 0.717) is 11.3 Å². The minimum atomic E-state index is -3.58. The van der Waals surface area contributed by atoms with Crippen LogP contribution in [0.3, 0.4) is 0 Å². The molecule has 0 heterocycles. The van der Waals surface area contributed by atoms with Crippen LogP contribution in [-0.4, -0.2) is 32.0 Å². The fourth-order valence-electron chi connectivity index (χ4n) is 2.32. The van der Waals surface area contributed by atoms with Crippen molar-refractivity contribution in [2.45, 2.75) is 31.2 Å². The molecule has 0 aliphatic rings. The molecule has 2 N–H and O–H groups in total. The Balaban J connectivity index is 2.34. The molecule has 2 rings (SSSR count). The molecular formula is C19H21ClN2O4S. The van der Waals surface area contributed by atoms with E-state index in [1.54, 1.807) is 24.3 Å². The smallest absolute Gasteiger partial charge is 0.255 e. The van der Waals surface area contributed by atoms with E-state index in [1.165, 1.54) is 18.2 Å². The Morgan fingerprint density at radius 1 is 1.00 bits per heavy atom. The molecule has 2 aromatic carbocycles. The minimum absolute atomic E-state index is 0.0407. The Kier molecular flexibility index (Phi) is 5.97. The second kappa shape index (κ2) is 7.70. The lowest BCUT2D eigenvalue weighted by Gasteiger charge is -2.21. The molecule has 0 aromatic heterocycles. The van der Waals surface area contributed by atoms with Gasteiger partial charge in [0, 0.05) is 17.4 Å². The summed E-state index contributed by atoms with van der Waals surface area (Å²) in [6.07, 6.45) is 1.02. The first kappa shape index (κ1) is 20.9. The zero-order valence-corrected chi connectivity index (χ0v) is 17.0. The van der Waals surface area contributed by atoms with E-state index in [4.69, 9.17) is 11.6 Å². The third-order valence-corrected chi connectivity index (χ3v) is 5.08. The number of carbonyl (C=O) groups is 2. The standard InChI is InChI=1S/C19H21ClN2O4S/c1-19(2,3)22-18(24)13-7-5-6-8-15(13)21-17(23)12-9-10-14(20)16(11-12)27(4,25)26/h5-11H,1-4H3,(H,21,23)(H,22,24). The number of benzene rings is 2. The Labute approximate surface area is 163 Å². The van der Waals surface area contributed by atoms with Crippen molar-refractivity contribution in [1.29, 1.82) is 0 Å². The molecule has 0 unspecified atom stereocenters. The monoisotopic (exact) mass is 408 g/mol. The van der Waals surface area contributed by atoms with Gasteiger partial charge >= 0.3 is 0 Å². The second-order valence-corrected chi connectivity index (χ2v) is 9.51. The summed E-state index contributed by atoms with van der Waals surface area (Å²) >= 11 is 5.91. The number of amides is 2. The van der Waals surface area contributed by atoms with Crippen molar-refractivity contribution >= 4 is 38.9 Å². The number of rotatable bonds is 4. The van der Waals surface area contributed by atoms with Gasteiger partial charge in [-0.15, -0.1) is 0 Å². The van der Waals surface area contributed by atoms with Gasteiger partial charge in [0.25, 0.3) is 11.8 Å². The lowest BCUT2D eigenvalue weighted by atomic mass is 10.1. The molecule has 0 spiro atoms. The van der Waals surface area contributed by atoms with Crippen LogP contribution in [0.25, 0.3) is 0 Å². The van der Waals surface area contributed by atoms with Crippen LogP contribution in [0.2, 0.25) is 5.02 Å². The zero-order valence-electron chi connectivity index (χ0n) is 15.5. The predicted octanol–water partition coefficient (Wildman–Crippen LogP) is 3.52. The topological polar surface area (TPSA) is 92.3 Å². The minimum Gasteiger partial charge on any atom is -0.347 e. The summed E-state index contributed by atoms with van der Waals surface area (Å²) in [7, 11) is -3.58. The maximum atomic E-state index is 12.6. The molecule has 0 atom stereocenters. The largest absolute Gasteiger partial charge is 0.347 e. The first-order chi connectivity index (χ1) is 12.4. The number of para-hydroxylation sites is 1. The average molecular weight is 409 g/mol. The molecule has 0 aliphatic heterocycles. The Morgan fingerprint density at radius 2 is 1.63 bits per heavy atom. The number of sulfone groups is 1. The number of anilines is 1. The van der Waals surface area contributed by atoms with Gasteiger partial charge in [-0.3, -0.25) is 9.59 Å². The van der Waals surface area contributed by atoms with Crippen LogP contribution in [-0.2, 0) is 9.84 Å². The summed E-state index contributed by atoms with van der Waals surface area (Å²) in [5, 5.41) is 5.53. The Morgan fingerprint density at radius 3 is 2.22 bits per heavy atom. The summed E-state index contributed by atoms with van der Waals surface area (Å²) < 4.78 is 23.6. The molecule has 6 nitrogen and oxygen atoms in total. The molecule has 0 aliphatic carbocycles. The van der Waals surface area contributed by atoms with Crippen LogP contribution >= 0.6 is 11.6 Å². The van der Waals surface area contributed by atoms with E-state index in [-0.39, 0.29) is 21.4 Å². The maximum Gasteiger partial charge on any atom is 0.255 e. The molecule has 2 aromatic rings. The van der Waals surface area contributed by atoms with Crippen LogP contribution in [0.1, 0.15) is 41.5 Å². The van der Waals surface area contributed by atoms with Gasteiger partial charge in [-0.1, -0.05) is 23.7 Å². The molecule has 144 valence electrons. The molecule has 0 bridgehead atoms. The van der Waals surface area contributed by atoms with Crippen molar-refractivity contribution in [3.8, 4) is 0 Å². The van der Waals surface area contributed by atoms with Gasteiger partial charge < -0.3 is 10.6 Å². The van der Waals surface area contributed by atoms with Gasteiger partial charge in [0.2, 0.25) is 0 Å². The van der Waals surface area contributed by atoms with Crippen LogP contribution in [0.15, 0.2) is 47.4 Å². The number of carbonyl (C=O) groups excluding carboxylic acids is 2. The quantitative estimate of drug-likeness (QED) is 0.809. The lowest BCUT2D eigenvalue weighted by molar-refractivity contribution is 0.0920. The molecule has 0 fully saturated rings. The normalized spacial score (nSPS) is 11.7. The summed E-state index contributed by atoms with van der Waals surface area (Å²) in [6.45, 7) is 5.56. The van der Waals surface area contributed by atoms with Crippen LogP contribution in [0, 0.1) is 0 Å². The van der Waals surface area contributed by atoms with Crippen molar-refractivity contribution in [1.82, 2.24) is 5.32 Å². The van der Waals surface area contributed by atoms with Gasteiger partial charge in [0.05, 0.1) is 21.2 Å². The lowest BCUT2D eigenvalue weighted by Crippen LogP contribution is -2.40. The van der Waals surface area contributed by atoms with Gasteiger partial charge in [-0.2, -0.15) is 0 Å². The first-order valence-electron chi connectivity index (χ1n) is 8.11. The van der Waals surface area contributed by atoms with Crippen molar-refractivity contribution in [3.63, 3.8) is 0 Å². The number of hydrogen-bond donors (Lipinski definition) is 2. The molecule has 8 heteroatoms. The number of hydrogen-bond acceptors (Lipinski definition) is 4. The molecule has 27 heavy (non-hydrogen) atoms. The number of halogens is 1. The Hall–Kier alpha value is -2.38. The van der Waals surface area contributed by atoms with E-state index in [1.807, 2.05) is 20.8 Å². The third kappa shape index (κ3) is 5.55. The highest BCUT2D eigenvalue weighted by molar-refractivity contribution is 7.90. The van der Waals surface area contributed by atoms with E-state index >= 15 is 0 Å². The molecule has 2 amide bonds. The van der Waals surface area contributed by atoms with Crippen molar-refractivity contribution in [2.75, 3.05) is 11.6 Å². The SMILES string of the molecule is CC(C)(C)NC(=O)c1ccccc1NC(=O)c1ccc(Cl)c(S(C)(=O)=O)c1.